The van der Waals surface area contributed by atoms with Crippen molar-refractivity contribution in [3.8, 4) is 0 Å². The monoisotopic (exact) mass is 332 g/mol. The van der Waals surface area contributed by atoms with E-state index in [0.717, 1.165) is 19.6 Å². The van der Waals surface area contributed by atoms with Crippen LogP contribution in [0.3, 0.4) is 0 Å². The third kappa shape index (κ3) is 5.32. The fourth-order valence-corrected chi connectivity index (χ4v) is 3.13. The van der Waals surface area contributed by atoms with Crippen molar-refractivity contribution in [2.45, 2.75) is 65.6 Å². The fraction of sp³-hybridized carbons (Fsp3) is 0.650. The van der Waals surface area contributed by atoms with Gasteiger partial charge >= 0.3 is 5.97 Å². The van der Waals surface area contributed by atoms with Crippen molar-refractivity contribution < 1.29 is 9.53 Å². The van der Waals surface area contributed by atoms with E-state index in [1.807, 2.05) is 20.8 Å². The topological polar surface area (TPSA) is 41.6 Å². The molecule has 1 fully saturated rings. The standard InChI is InChI=1S/C20H32N2O2/c1-14-7-8-17(11-15(14)2)12-18(19(23)24-20(4,5)6)22-10-9-21-16(3)13-22/h7-8,11,16,18,21H,9-10,12-13H2,1-6H3/t16-,18-/m0/s1. The van der Waals surface area contributed by atoms with Crippen molar-refractivity contribution in [3.05, 3.63) is 34.9 Å². The molecule has 1 saturated heterocycles. The zero-order valence-corrected chi connectivity index (χ0v) is 16.0. The molecule has 0 aliphatic carbocycles. The summed E-state index contributed by atoms with van der Waals surface area (Å²) in [5, 5.41) is 3.44. The smallest absolute Gasteiger partial charge is 0.324 e. The summed E-state index contributed by atoms with van der Waals surface area (Å²) in [6, 6.07) is 6.63. The van der Waals surface area contributed by atoms with E-state index in [2.05, 4.69) is 49.2 Å². The van der Waals surface area contributed by atoms with Crippen LogP contribution < -0.4 is 5.32 Å². The molecule has 0 spiro atoms. The number of nitrogens with zero attached hydrogens (tertiary/aromatic N) is 1. The molecule has 1 aromatic rings. The Bertz CT molecular complexity index is 577. The molecule has 0 bridgehead atoms. The van der Waals surface area contributed by atoms with Crippen LogP contribution in [-0.2, 0) is 16.0 Å². The average Bonchev–Trinajstić information content (AvgIpc) is 2.46. The van der Waals surface area contributed by atoms with Gasteiger partial charge in [-0.1, -0.05) is 18.2 Å². The van der Waals surface area contributed by atoms with Crippen molar-refractivity contribution in [2.24, 2.45) is 0 Å². The van der Waals surface area contributed by atoms with E-state index in [-0.39, 0.29) is 12.0 Å². The maximum atomic E-state index is 12.8. The van der Waals surface area contributed by atoms with Gasteiger partial charge in [0.25, 0.3) is 0 Å². The van der Waals surface area contributed by atoms with Gasteiger partial charge < -0.3 is 10.1 Å². The first-order chi connectivity index (χ1) is 11.2. The first-order valence-corrected chi connectivity index (χ1v) is 8.92. The summed E-state index contributed by atoms with van der Waals surface area (Å²) in [5.74, 6) is -0.116. The Hall–Kier alpha value is -1.39. The van der Waals surface area contributed by atoms with Crippen molar-refractivity contribution in [1.82, 2.24) is 10.2 Å². The summed E-state index contributed by atoms with van der Waals surface area (Å²) >= 11 is 0. The molecule has 1 aliphatic rings. The van der Waals surface area contributed by atoms with Gasteiger partial charge in [0.1, 0.15) is 11.6 Å². The van der Waals surface area contributed by atoms with Crippen LogP contribution in [-0.4, -0.2) is 48.2 Å². The summed E-state index contributed by atoms with van der Waals surface area (Å²) in [7, 11) is 0. The van der Waals surface area contributed by atoms with Crippen LogP contribution in [0, 0.1) is 13.8 Å². The van der Waals surface area contributed by atoms with E-state index < -0.39 is 5.60 Å². The lowest BCUT2D eigenvalue weighted by atomic mass is 9.99. The highest BCUT2D eigenvalue weighted by molar-refractivity contribution is 5.76. The maximum absolute atomic E-state index is 12.8. The number of nitrogens with one attached hydrogen (secondary N) is 1. The summed E-state index contributed by atoms with van der Waals surface area (Å²) in [6.07, 6.45) is 0.697. The van der Waals surface area contributed by atoms with E-state index in [1.54, 1.807) is 0 Å². The summed E-state index contributed by atoms with van der Waals surface area (Å²) in [4.78, 5) is 15.1. The molecule has 0 aromatic heterocycles. The molecule has 1 aliphatic heterocycles. The van der Waals surface area contributed by atoms with E-state index in [4.69, 9.17) is 4.74 Å². The zero-order valence-electron chi connectivity index (χ0n) is 16.0. The van der Waals surface area contributed by atoms with E-state index in [9.17, 15) is 4.79 Å². The minimum Gasteiger partial charge on any atom is -0.459 e. The predicted octanol–water partition coefficient (Wildman–Crippen LogP) is 2.85. The molecule has 4 heteroatoms. The van der Waals surface area contributed by atoms with Crippen LogP contribution in [0.25, 0.3) is 0 Å². The SMILES string of the molecule is Cc1ccc(C[C@@H](C(=O)OC(C)(C)C)N2CCN[C@@H](C)C2)cc1C. The highest BCUT2D eigenvalue weighted by Crippen LogP contribution is 2.18. The van der Waals surface area contributed by atoms with E-state index >= 15 is 0 Å². The number of rotatable bonds is 4. The molecular weight excluding hydrogens is 300 g/mol. The van der Waals surface area contributed by atoms with Crippen LogP contribution >= 0.6 is 0 Å². The second kappa shape index (κ2) is 7.66. The molecule has 0 radical (unpaired) electrons. The lowest BCUT2D eigenvalue weighted by molar-refractivity contribution is -0.162. The molecule has 0 amide bonds. The third-order valence-corrected chi connectivity index (χ3v) is 4.52. The molecule has 2 rings (SSSR count). The molecule has 1 N–H and O–H groups in total. The van der Waals surface area contributed by atoms with Gasteiger partial charge in [-0.25, -0.2) is 0 Å². The Labute approximate surface area is 146 Å². The molecular formula is C20H32N2O2. The van der Waals surface area contributed by atoms with Crippen LogP contribution in [0.2, 0.25) is 0 Å². The molecule has 2 atom stereocenters. The third-order valence-electron chi connectivity index (χ3n) is 4.52. The van der Waals surface area contributed by atoms with Crippen molar-refractivity contribution >= 4 is 5.97 Å². The van der Waals surface area contributed by atoms with Gasteiger partial charge in [0, 0.05) is 25.7 Å². The lowest BCUT2D eigenvalue weighted by Gasteiger charge is -2.37. The van der Waals surface area contributed by atoms with Crippen molar-refractivity contribution in [3.63, 3.8) is 0 Å². The molecule has 24 heavy (non-hydrogen) atoms. The molecule has 1 heterocycles. The number of benzene rings is 1. The Morgan fingerprint density at radius 3 is 2.62 bits per heavy atom. The molecule has 0 saturated carbocycles. The number of aryl methyl sites for hydroxylation is 2. The Morgan fingerprint density at radius 2 is 2.04 bits per heavy atom. The van der Waals surface area contributed by atoms with Crippen molar-refractivity contribution in [2.75, 3.05) is 19.6 Å². The van der Waals surface area contributed by atoms with Crippen LogP contribution in [0.4, 0.5) is 0 Å². The summed E-state index contributed by atoms with van der Waals surface area (Å²) in [5.41, 5.74) is 3.28. The highest BCUT2D eigenvalue weighted by Gasteiger charge is 2.32. The largest absolute Gasteiger partial charge is 0.459 e. The van der Waals surface area contributed by atoms with E-state index in [0.29, 0.717) is 12.5 Å². The van der Waals surface area contributed by atoms with Crippen molar-refractivity contribution in [1.29, 1.82) is 0 Å². The van der Waals surface area contributed by atoms with Gasteiger partial charge in [-0.2, -0.15) is 0 Å². The minimum atomic E-state index is -0.460. The minimum absolute atomic E-state index is 0.116. The van der Waals surface area contributed by atoms with Gasteiger partial charge in [-0.05, 0) is 64.7 Å². The number of hydrogen-bond acceptors (Lipinski definition) is 4. The summed E-state index contributed by atoms with van der Waals surface area (Å²) < 4.78 is 5.71. The van der Waals surface area contributed by atoms with Crippen LogP contribution in [0.15, 0.2) is 18.2 Å². The lowest BCUT2D eigenvalue weighted by Crippen LogP contribution is -2.56. The quantitative estimate of drug-likeness (QED) is 0.861. The number of esters is 1. The number of ether oxygens (including phenoxy) is 1. The molecule has 0 unspecified atom stereocenters. The first kappa shape index (κ1) is 18.9. The van der Waals surface area contributed by atoms with Gasteiger partial charge in [0.05, 0.1) is 0 Å². The Balaban J connectivity index is 2.20. The average molecular weight is 332 g/mol. The van der Waals surface area contributed by atoms with Gasteiger partial charge in [-0.15, -0.1) is 0 Å². The highest BCUT2D eigenvalue weighted by atomic mass is 16.6. The number of piperazine rings is 1. The first-order valence-electron chi connectivity index (χ1n) is 8.92. The number of carbonyl (C=O) groups excluding carboxylic acids is 1. The van der Waals surface area contributed by atoms with Gasteiger partial charge in [-0.3, -0.25) is 9.69 Å². The predicted molar refractivity (Wildman–Crippen MR) is 98.3 cm³/mol. The van der Waals surface area contributed by atoms with E-state index in [1.165, 1.54) is 16.7 Å². The normalized spacial score (nSPS) is 20.7. The van der Waals surface area contributed by atoms with Crippen LogP contribution in [0.5, 0.6) is 0 Å². The summed E-state index contributed by atoms with van der Waals surface area (Å²) in [6.45, 7) is 14.8. The zero-order chi connectivity index (χ0) is 17.9. The fourth-order valence-electron chi connectivity index (χ4n) is 3.13. The molecule has 134 valence electrons. The van der Waals surface area contributed by atoms with Gasteiger partial charge in [0.2, 0.25) is 0 Å². The number of carbonyl (C=O) groups is 1. The van der Waals surface area contributed by atoms with Crippen LogP contribution in [0.1, 0.15) is 44.4 Å². The Kier molecular flexibility index (Phi) is 6.05. The van der Waals surface area contributed by atoms with Gasteiger partial charge in [0.15, 0.2) is 0 Å². The second-order valence-electron chi connectivity index (χ2n) is 8.02. The Morgan fingerprint density at radius 1 is 1.33 bits per heavy atom. The maximum Gasteiger partial charge on any atom is 0.324 e. The molecule has 1 aromatic carbocycles. The number of hydrogen-bond donors (Lipinski definition) is 1. The second-order valence-corrected chi connectivity index (χ2v) is 8.02. The molecule has 4 nitrogen and oxygen atoms in total.